The van der Waals surface area contributed by atoms with E-state index < -0.39 is 5.97 Å². The summed E-state index contributed by atoms with van der Waals surface area (Å²) in [5.74, 6) is 1.82. The molecule has 3 heteroatoms. The lowest BCUT2D eigenvalue weighted by atomic mass is 10.2. The van der Waals surface area contributed by atoms with Gasteiger partial charge in [0.25, 0.3) is 0 Å². The Hall–Kier alpha value is -0.180. The van der Waals surface area contributed by atoms with E-state index in [1.807, 2.05) is 11.8 Å². The van der Waals surface area contributed by atoms with Gasteiger partial charge in [0.1, 0.15) is 0 Å². The second kappa shape index (κ2) is 12.9. The second-order valence-corrected chi connectivity index (χ2v) is 5.46. The van der Waals surface area contributed by atoms with E-state index in [1.165, 1.54) is 50.0 Å². The van der Waals surface area contributed by atoms with Crippen LogP contribution in [0, 0.1) is 0 Å². The lowest BCUT2D eigenvalue weighted by molar-refractivity contribution is -0.137. The Morgan fingerprint density at radius 1 is 0.938 bits per heavy atom. The number of unbranched alkanes of at least 4 members (excludes halogenated alkanes) is 6. The fourth-order valence-corrected chi connectivity index (χ4v) is 2.59. The molecule has 2 nitrogen and oxygen atoms in total. The molecule has 0 aromatic carbocycles. The van der Waals surface area contributed by atoms with Gasteiger partial charge in [-0.1, -0.05) is 39.0 Å². The maximum absolute atomic E-state index is 10.3. The minimum absolute atomic E-state index is 0.335. The Morgan fingerprint density at radius 3 is 2.06 bits per heavy atom. The van der Waals surface area contributed by atoms with Crippen LogP contribution in [-0.4, -0.2) is 22.6 Å². The highest BCUT2D eigenvalue weighted by atomic mass is 32.2. The molecule has 0 heterocycles. The average Bonchev–Trinajstić information content (AvgIpc) is 2.25. The highest BCUT2D eigenvalue weighted by molar-refractivity contribution is 7.99. The van der Waals surface area contributed by atoms with Gasteiger partial charge in [-0.15, -0.1) is 0 Å². The molecule has 0 amide bonds. The third kappa shape index (κ3) is 13.8. The molecule has 0 saturated carbocycles. The van der Waals surface area contributed by atoms with Crippen molar-refractivity contribution in [2.75, 3.05) is 11.5 Å². The number of carboxylic acid groups (broad SMARTS) is 1. The van der Waals surface area contributed by atoms with Gasteiger partial charge in [-0.3, -0.25) is 4.79 Å². The first kappa shape index (κ1) is 15.8. The molecule has 0 aliphatic heterocycles. The molecule has 0 atom stereocenters. The van der Waals surface area contributed by atoms with E-state index in [0.717, 1.165) is 12.8 Å². The van der Waals surface area contributed by atoms with Crippen molar-refractivity contribution in [2.45, 2.75) is 64.7 Å². The molecule has 0 bridgehead atoms. The van der Waals surface area contributed by atoms with Gasteiger partial charge in [0.15, 0.2) is 0 Å². The molecule has 0 aliphatic rings. The van der Waals surface area contributed by atoms with Gasteiger partial charge < -0.3 is 5.11 Å². The van der Waals surface area contributed by atoms with Crippen molar-refractivity contribution in [1.82, 2.24) is 0 Å². The quantitative estimate of drug-likeness (QED) is 0.521. The van der Waals surface area contributed by atoms with Gasteiger partial charge in [0.2, 0.25) is 0 Å². The minimum atomic E-state index is -0.663. The van der Waals surface area contributed by atoms with E-state index in [2.05, 4.69) is 6.92 Å². The first-order chi connectivity index (χ1) is 7.77. The maximum atomic E-state index is 10.3. The minimum Gasteiger partial charge on any atom is -0.481 e. The first-order valence-electron chi connectivity index (χ1n) is 6.57. The number of hydrogen-bond donors (Lipinski definition) is 1. The number of carbonyl (C=O) groups is 1. The van der Waals surface area contributed by atoms with Crippen LogP contribution in [0.5, 0.6) is 0 Å². The lowest BCUT2D eigenvalue weighted by Crippen LogP contribution is -1.94. The van der Waals surface area contributed by atoms with Crippen molar-refractivity contribution in [3.05, 3.63) is 0 Å². The van der Waals surface area contributed by atoms with Crippen molar-refractivity contribution in [1.29, 1.82) is 0 Å². The van der Waals surface area contributed by atoms with E-state index in [9.17, 15) is 4.79 Å². The third-order valence-corrected chi connectivity index (χ3v) is 3.73. The van der Waals surface area contributed by atoms with E-state index in [-0.39, 0.29) is 0 Å². The van der Waals surface area contributed by atoms with Gasteiger partial charge in [0, 0.05) is 6.42 Å². The molecule has 0 fully saturated rings. The molecule has 16 heavy (non-hydrogen) atoms. The zero-order chi connectivity index (χ0) is 12.1. The summed E-state index contributed by atoms with van der Waals surface area (Å²) in [6.07, 6.45) is 10.2. The molecule has 0 unspecified atom stereocenters. The van der Waals surface area contributed by atoms with Gasteiger partial charge >= 0.3 is 5.97 Å². The highest BCUT2D eigenvalue weighted by Crippen LogP contribution is 2.11. The van der Waals surface area contributed by atoms with Crippen LogP contribution >= 0.6 is 11.8 Å². The summed E-state index contributed by atoms with van der Waals surface area (Å²) in [7, 11) is 0. The number of aliphatic carboxylic acids is 1. The van der Waals surface area contributed by atoms with Crippen LogP contribution in [-0.2, 0) is 4.79 Å². The summed E-state index contributed by atoms with van der Waals surface area (Å²) in [5, 5.41) is 8.45. The van der Waals surface area contributed by atoms with E-state index >= 15 is 0 Å². The second-order valence-electron chi connectivity index (χ2n) is 4.23. The van der Waals surface area contributed by atoms with Gasteiger partial charge in [0.05, 0.1) is 0 Å². The molecule has 96 valence electrons. The van der Waals surface area contributed by atoms with Crippen LogP contribution in [0.25, 0.3) is 0 Å². The van der Waals surface area contributed by atoms with Crippen molar-refractivity contribution >= 4 is 17.7 Å². The molecule has 0 spiro atoms. The lowest BCUT2D eigenvalue weighted by Gasteiger charge is -2.01. The summed E-state index contributed by atoms with van der Waals surface area (Å²) in [6, 6.07) is 0. The molecule has 0 aliphatic carbocycles. The van der Waals surface area contributed by atoms with Gasteiger partial charge in [-0.05, 0) is 30.8 Å². The van der Waals surface area contributed by atoms with Gasteiger partial charge in [-0.25, -0.2) is 0 Å². The smallest absolute Gasteiger partial charge is 0.303 e. The highest BCUT2D eigenvalue weighted by Gasteiger charge is 1.96. The standard InChI is InChI=1S/C13H26O2S/c1-2-3-4-5-8-11-16-12-9-6-7-10-13(14)15/h2-12H2,1H3,(H,14,15). The number of carboxylic acids is 1. The van der Waals surface area contributed by atoms with Crippen molar-refractivity contribution in [3.8, 4) is 0 Å². The van der Waals surface area contributed by atoms with Crippen molar-refractivity contribution in [3.63, 3.8) is 0 Å². The molecule has 0 aromatic rings. The van der Waals surface area contributed by atoms with E-state index in [1.54, 1.807) is 0 Å². The predicted molar refractivity (Wildman–Crippen MR) is 72.2 cm³/mol. The fourth-order valence-electron chi connectivity index (χ4n) is 1.57. The number of hydrogen-bond acceptors (Lipinski definition) is 2. The molecule has 1 N–H and O–H groups in total. The van der Waals surface area contributed by atoms with Crippen LogP contribution in [0.3, 0.4) is 0 Å². The largest absolute Gasteiger partial charge is 0.481 e. The van der Waals surface area contributed by atoms with Crippen LogP contribution in [0.1, 0.15) is 64.7 Å². The predicted octanol–water partition coefficient (Wildman–Crippen LogP) is 4.34. The number of rotatable bonds is 12. The Labute approximate surface area is 104 Å². The first-order valence-corrected chi connectivity index (χ1v) is 7.72. The van der Waals surface area contributed by atoms with Crippen LogP contribution < -0.4 is 0 Å². The van der Waals surface area contributed by atoms with Crippen LogP contribution in [0.15, 0.2) is 0 Å². The molecular formula is C13H26O2S. The average molecular weight is 246 g/mol. The maximum Gasteiger partial charge on any atom is 0.303 e. The number of thioether (sulfide) groups is 1. The van der Waals surface area contributed by atoms with Crippen molar-refractivity contribution < 1.29 is 9.90 Å². The Balaban J connectivity index is 2.90. The normalized spacial score (nSPS) is 10.6. The molecule has 0 rings (SSSR count). The van der Waals surface area contributed by atoms with E-state index in [0.29, 0.717) is 6.42 Å². The summed E-state index contributed by atoms with van der Waals surface area (Å²) in [6.45, 7) is 2.24. The third-order valence-electron chi connectivity index (χ3n) is 2.57. The van der Waals surface area contributed by atoms with Crippen molar-refractivity contribution in [2.24, 2.45) is 0 Å². The van der Waals surface area contributed by atoms with Gasteiger partial charge in [-0.2, -0.15) is 11.8 Å². The zero-order valence-electron chi connectivity index (χ0n) is 10.5. The molecular weight excluding hydrogens is 220 g/mol. The fraction of sp³-hybridized carbons (Fsp3) is 0.923. The van der Waals surface area contributed by atoms with Crippen LogP contribution in [0.4, 0.5) is 0 Å². The summed E-state index contributed by atoms with van der Waals surface area (Å²) < 4.78 is 0. The Morgan fingerprint density at radius 2 is 1.50 bits per heavy atom. The summed E-state index contributed by atoms with van der Waals surface area (Å²) in [5.41, 5.74) is 0. The topological polar surface area (TPSA) is 37.3 Å². The molecule has 0 aromatic heterocycles. The van der Waals surface area contributed by atoms with Crippen LogP contribution in [0.2, 0.25) is 0 Å². The van der Waals surface area contributed by atoms with E-state index in [4.69, 9.17) is 5.11 Å². The Bertz CT molecular complexity index is 160. The molecule has 0 radical (unpaired) electrons. The molecule has 0 saturated heterocycles. The summed E-state index contributed by atoms with van der Waals surface area (Å²) >= 11 is 2.02. The summed E-state index contributed by atoms with van der Waals surface area (Å²) in [4.78, 5) is 10.3. The Kier molecular flexibility index (Phi) is 12.7. The SMILES string of the molecule is CCCCCCCSCCCCCC(=O)O. The monoisotopic (exact) mass is 246 g/mol. The zero-order valence-corrected chi connectivity index (χ0v) is 11.4.